The van der Waals surface area contributed by atoms with Crippen molar-refractivity contribution in [2.75, 3.05) is 18.4 Å². The van der Waals surface area contributed by atoms with Gasteiger partial charge in [-0.1, -0.05) is 0 Å². The molecule has 0 atom stereocenters. The van der Waals surface area contributed by atoms with Gasteiger partial charge in [0.05, 0.1) is 12.5 Å². The van der Waals surface area contributed by atoms with E-state index in [1.807, 2.05) is 4.58 Å². The first kappa shape index (κ1) is 19.5. The molecule has 6 nitrogen and oxygen atoms in total. The van der Waals surface area contributed by atoms with Gasteiger partial charge >= 0.3 is 0 Å². The Labute approximate surface area is 168 Å². The molecular weight excluding hydrogens is 376 g/mol. The van der Waals surface area contributed by atoms with Gasteiger partial charge in [-0.05, 0) is 49.9 Å². The van der Waals surface area contributed by atoms with E-state index in [1.165, 1.54) is 12.1 Å². The summed E-state index contributed by atoms with van der Waals surface area (Å²) in [5.74, 6) is -0.357. The molecule has 0 spiro atoms. The minimum absolute atomic E-state index is 0.308. The smallest absolute Gasteiger partial charge is 0.296 e. The Bertz CT molecular complexity index is 904. The minimum Gasteiger partial charge on any atom is -0.365 e. The van der Waals surface area contributed by atoms with Gasteiger partial charge < -0.3 is 5.73 Å². The summed E-state index contributed by atoms with van der Waals surface area (Å²) in [6.45, 7) is 0.990. The predicted molar refractivity (Wildman–Crippen MR) is 104 cm³/mol. The van der Waals surface area contributed by atoms with Crippen LogP contribution in [0.3, 0.4) is 0 Å². The summed E-state index contributed by atoms with van der Waals surface area (Å²) in [7, 11) is 0. The molecule has 1 saturated heterocycles. The molecule has 3 aliphatic rings. The monoisotopic (exact) mass is 400 g/mol. The van der Waals surface area contributed by atoms with Crippen molar-refractivity contribution < 1.29 is 18.2 Å². The molecule has 3 N–H and O–H groups in total. The number of primary amides is 1. The second-order valence-electron chi connectivity index (χ2n) is 8.10. The van der Waals surface area contributed by atoms with Crippen LogP contribution < -0.4 is 11.1 Å². The molecule has 1 aromatic rings. The molecule has 29 heavy (non-hydrogen) atoms. The van der Waals surface area contributed by atoms with E-state index in [-0.39, 0.29) is 5.82 Å². The summed E-state index contributed by atoms with van der Waals surface area (Å²) in [5, 5.41) is 12.6. The molecule has 2 fully saturated rings. The van der Waals surface area contributed by atoms with Gasteiger partial charge in [-0.3, -0.25) is 9.69 Å². The number of amides is 1. The fourth-order valence-corrected chi connectivity index (χ4v) is 4.58. The highest BCUT2D eigenvalue weighted by molar-refractivity contribution is 6.24. The highest BCUT2D eigenvalue weighted by atomic mass is 19.1. The quantitative estimate of drug-likeness (QED) is 0.743. The van der Waals surface area contributed by atoms with Crippen LogP contribution in [0.2, 0.25) is 0 Å². The maximum absolute atomic E-state index is 13.2. The number of anilines is 1. The Kier molecular flexibility index (Phi) is 5.09. The molecule has 1 aliphatic carbocycles. The number of alkyl halides is 1. The van der Waals surface area contributed by atoms with Crippen LogP contribution in [0, 0.1) is 17.1 Å². The van der Waals surface area contributed by atoms with Gasteiger partial charge in [0.15, 0.2) is 5.57 Å². The number of rotatable bonds is 5. The summed E-state index contributed by atoms with van der Waals surface area (Å²) >= 11 is 0. The van der Waals surface area contributed by atoms with Crippen LogP contribution in [0.1, 0.15) is 32.1 Å². The number of carbonyl (C=O) groups is 1. The second kappa shape index (κ2) is 7.56. The first-order chi connectivity index (χ1) is 13.9. The predicted octanol–water partition coefficient (Wildman–Crippen LogP) is 2.28. The van der Waals surface area contributed by atoms with E-state index >= 15 is 0 Å². The SMILES string of the molecule is N#CCC1([N+]2=C(Nc3ccc(F)cc3)C(C(N)=O)=C2)CCC(N2CC(F)C2)CC1. The van der Waals surface area contributed by atoms with Gasteiger partial charge in [0.25, 0.3) is 11.7 Å². The van der Waals surface area contributed by atoms with Gasteiger partial charge in [0, 0.05) is 19.1 Å². The number of nitrogens with zero attached hydrogens (tertiary/aromatic N) is 3. The van der Waals surface area contributed by atoms with Gasteiger partial charge in [0.1, 0.15) is 29.4 Å². The first-order valence-electron chi connectivity index (χ1n) is 9.88. The highest BCUT2D eigenvalue weighted by Gasteiger charge is 2.49. The topological polar surface area (TPSA) is 85.2 Å². The Morgan fingerprint density at radius 2 is 1.97 bits per heavy atom. The maximum atomic E-state index is 13.2. The van der Waals surface area contributed by atoms with Gasteiger partial charge in [-0.2, -0.15) is 5.26 Å². The Morgan fingerprint density at radius 3 is 2.52 bits per heavy atom. The zero-order valence-electron chi connectivity index (χ0n) is 16.1. The van der Waals surface area contributed by atoms with Crippen molar-refractivity contribution in [2.45, 2.75) is 49.9 Å². The van der Waals surface area contributed by atoms with E-state index in [4.69, 9.17) is 5.73 Å². The van der Waals surface area contributed by atoms with Crippen molar-refractivity contribution in [3.63, 3.8) is 0 Å². The molecule has 4 rings (SSSR count). The van der Waals surface area contributed by atoms with Crippen LogP contribution in [0.15, 0.2) is 36.0 Å². The average Bonchev–Trinajstić information content (AvgIpc) is 2.65. The molecule has 2 aliphatic heterocycles. The number of halogens is 2. The van der Waals surface area contributed by atoms with Crippen LogP contribution in [0.4, 0.5) is 14.5 Å². The normalized spacial score (nSPS) is 27.5. The lowest BCUT2D eigenvalue weighted by Gasteiger charge is -2.47. The Morgan fingerprint density at radius 1 is 1.31 bits per heavy atom. The largest absolute Gasteiger partial charge is 0.365 e. The maximum Gasteiger partial charge on any atom is 0.296 e. The number of amidine groups is 1. The average molecular weight is 400 g/mol. The van der Waals surface area contributed by atoms with E-state index in [0.29, 0.717) is 42.6 Å². The molecule has 0 unspecified atom stereocenters. The van der Waals surface area contributed by atoms with Gasteiger partial charge in [0.2, 0.25) is 0 Å². The fourth-order valence-electron chi connectivity index (χ4n) is 4.58. The summed E-state index contributed by atoms with van der Waals surface area (Å²) in [4.78, 5) is 14.0. The van der Waals surface area contributed by atoms with Crippen molar-refractivity contribution in [1.82, 2.24) is 4.90 Å². The van der Waals surface area contributed by atoms with Gasteiger partial charge in [-0.15, -0.1) is 0 Å². The van der Waals surface area contributed by atoms with Crippen LogP contribution >= 0.6 is 0 Å². The first-order valence-corrected chi connectivity index (χ1v) is 9.88. The zero-order chi connectivity index (χ0) is 20.6. The molecule has 1 aromatic carbocycles. The van der Waals surface area contributed by atoms with E-state index < -0.39 is 17.6 Å². The second-order valence-corrected chi connectivity index (χ2v) is 8.10. The van der Waals surface area contributed by atoms with Crippen LogP contribution in [-0.4, -0.2) is 52.1 Å². The van der Waals surface area contributed by atoms with Crippen molar-refractivity contribution in [3.8, 4) is 6.07 Å². The molecule has 0 aromatic heterocycles. The lowest BCUT2D eigenvalue weighted by Crippen LogP contribution is -2.58. The lowest BCUT2D eigenvalue weighted by atomic mass is 9.75. The van der Waals surface area contributed by atoms with Crippen LogP contribution in [-0.2, 0) is 4.79 Å². The molecule has 1 saturated carbocycles. The number of nitrogens with one attached hydrogen (secondary N) is 1. The van der Waals surface area contributed by atoms with Crippen LogP contribution in [0.25, 0.3) is 0 Å². The minimum atomic E-state index is -0.725. The van der Waals surface area contributed by atoms with Crippen molar-refractivity contribution in [2.24, 2.45) is 5.73 Å². The summed E-state index contributed by atoms with van der Waals surface area (Å²) < 4.78 is 28.4. The van der Waals surface area contributed by atoms with Crippen LogP contribution in [0.5, 0.6) is 0 Å². The zero-order valence-corrected chi connectivity index (χ0v) is 16.1. The molecule has 0 bridgehead atoms. The van der Waals surface area contributed by atoms with Gasteiger partial charge in [-0.25, -0.2) is 18.7 Å². The molecule has 152 valence electrons. The molecule has 2 heterocycles. The highest BCUT2D eigenvalue weighted by Crippen LogP contribution is 2.40. The third-order valence-electron chi connectivity index (χ3n) is 6.31. The third kappa shape index (κ3) is 3.62. The van der Waals surface area contributed by atoms with E-state index in [1.54, 1.807) is 18.3 Å². The number of benzene rings is 1. The number of hydrogen-bond donors (Lipinski definition) is 2. The standard InChI is InChI=1S/C21H23F2N5O/c22-14-1-3-16(4-2-14)26-20-18(19(25)29)13-28(20)21(9-10-24)7-5-17(6-8-21)27-11-15(23)12-27/h1-4,13,15,17H,5-9,11-12H2,(H2,25,29)/p+1. The summed E-state index contributed by atoms with van der Waals surface area (Å²) in [5.41, 5.74) is 6.07. The number of nitrogens with two attached hydrogens (primary N) is 1. The Balaban J connectivity index is 1.57. The number of likely N-dealkylation sites (tertiary alicyclic amines) is 1. The third-order valence-corrected chi connectivity index (χ3v) is 6.31. The molecule has 0 radical (unpaired) electrons. The van der Waals surface area contributed by atoms with E-state index in [9.17, 15) is 18.8 Å². The lowest BCUT2D eigenvalue weighted by molar-refractivity contribution is -0.563. The van der Waals surface area contributed by atoms with E-state index in [0.717, 1.165) is 25.7 Å². The number of hydrogen-bond acceptors (Lipinski definition) is 4. The number of carbonyl (C=O) groups excluding carboxylic acids is 1. The van der Waals surface area contributed by atoms with Crippen molar-refractivity contribution >= 4 is 17.4 Å². The molecule has 1 amide bonds. The fraction of sp³-hybridized carbons (Fsp3) is 0.476. The molecule has 8 heteroatoms. The van der Waals surface area contributed by atoms with Crippen molar-refractivity contribution in [1.29, 1.82) is 5.26 Å². The summed E-state index contributed by atoms with van der Waals surface area (Å²) in [6, 6.07) is 8.47. The van der Waals surface area contributed by atoms with Crippen molar-refractivity contribution in [3.05, 3.63) is 41.9 Å². The van der Waals surface area contributed by atoms with E-state index in [2.05, 4.69) is 16.3 Å². The number of nitriles is 1. The molecular formula is C21H24F2N5O+. The summed E-state index contributed by atoms with van der Waals surface area (Å²) in [6.07, 6.45) is 4.54. The Hall–Kier alpha value is -2.79.